The standard InChI is InChI=1S/C16H25NO/c1-5-8-14(4)17(16(18)9-6-2)15-11-7-10-13(3)12-15/h7,10-12,14H,5-6,8-9H2,1-4H3. The number of carbonyl (C=O) groups excluding carboxylic acids is 1. The van der Waals surface area contributed by atoms with Crippen molar-refractivity contribution in [3.8, 4) is 0 Å². The van der Waals surface area contributed by atoms with Gasteiger partial charge >= 0.3 is 0 Å². The second-order valence-corrected chi connectivity index (χ2v) is 4.99. The number of rotatable bonds is 6. The third-order valence-corrected chi connectivity index (χ3v) is 3.16. The van der Waals surface area contributed by atoms with E-state index in [1.165, 1.54) is 5.56 Å². The summed E-state index contributed by atoms with van der Waals surface area (Å²) in [5.41, 5.74) is 2.24. The SMILES string of the molecule is CCCC(=O)N(c1cccc(C)c1)C(C)CCC. The Bertz CT molecular complexity index is 386. The molecule has 0 spiro atoms. The molecule has 0 N–H and O–H groups in total. The lowest BCUT2D eigenvalue weighted by Crippen LogP contribution is -2.38. The zero-order valence-electron chi connectivity index (χ0n) is 12.1. The molecule has 0 fully saturated rings. The summed E-state index contributed by atoms with van der Waals surface area (Å²) in [5.74, 6) is 0.240. The van der Waals surface area contributed by atoms with Crippen LogP contribution in [0.25, 0.3) is 0 Å². The third-order valence-electron chi connectivity index (χ3n) is 3.16. The minimum Gasteiger partial charge on any atom is -0.310 e. The minimum absolute atomic E-state index is 0.240. The maximum Gasteiger partial charge on any atom is 0.227 e. The van der Waals surface area contributed by atoms with Gasteiger partial charge < -0.3 is 4.90 Å². The van der Waals surface area contributed by atoms with Crippen LogP contribution in [0.4, 0.5) is 5.69 Å². The van der Waals surface area contributed by atoms with E-state index < -0.39 is 0 Å². The Labute approximate surface area is 111 Å². The molecule has 0 aliphatic rings. The fourth-order valence-corrected chi connectivity index (χ4v) is 2.30. The Balaban J connectivity index is 2.99. The Kier molecular flexibility index (Phi) is 5.90. The minimum atomic E-state index is 0.240. The van der Waals surface area contributed by atoms with E-state index in [0.717, 1.165) is 24.9 Å². The molecule has 0 bridgehead atoms. The quantitative estimate of drug-likeness (QED) is 0.733. The van der Waals surface area contributed by atoms with E-state index in [1.54, 1.807) is 0 Å². The number of aryl methyl sites for hydroxylation is 1. The molecule has 1 atom stereocenters. The van der Waals surface area contributed by atoms with Gasteiger partial charge in [-0.05, 0) is 44.4 Å². The molecule has 0 aliphatic carbocycles. The summed E-state index contributed by atoms with van der Waals surface area (Å²) < 4.78 is 0. The van der Waals surface area contributed by atoms with Gasteiger partial charge in [-0.3, -0.25) is 4.79 Å². The number of nitrogens with zero attached hydrogens (tertiary/aromatic N) is 1. The predicted molar refractivity (Wildman–Crippen MR) is 77.9 cm³/mol. The van der Waals surface area contributed by atoms with Crippen molar-refractivity contribution in [2.24, 2.45) is 0 Å². The first kappa shape index (κ1) is 14.7. The molecule has 2 heteroatoms. The molecule has 1 rings (SSSR count). The van der Waals surface area contributed by atoms with Gasteiger partial charge in [0, 0.05) is 18.2 Å². The van der Waals surface area contributed by atoms with Crippen LogP contribution in [0.2, 0.25) is 0 Å². The average molecular weight is 247 g/mol. The van der Waals surface area contributed by atoms with E-state index in [-0.39, 0.29) is 11.9 Å². The molecule has 18 heavy (non-hydrogen) atoms. The van der Waals surface area contributed by atoms with Gasteiger partial charge in [0.15, 0.2) is 0 Å². The van der Waals surface area contributed by atoms with Crippen molar-refractivity contribution in [3.05, 3.63) is 29.8 Å². The summed E-state index contributed by atoms with van der Waals surface area (Å²) in [5, 5.41) is 0. The lowest BCUT2D eigenvalue weighted by molar-refractivity contribution is -0.119. The van der Waals surface area contributed by atoms with E-state index in [0.29, 0.717) is 6.42 Å². The van der Waals surface area contributed by atoms with Gasteiger partial charge in [-0.2, -0.15) is 0 Å². The molecule has 100 valence electrons. The van der Waals surface area contributed by atoms with Crippen molar-refractivity contribution < 1.29 is 4.79 Å². The van der Waals surface area contributed by atoms with Crippen molar-refractivity contribution >= 4 is 11.6 Å². The van der Waals surface area contributed by atoms with Crippen LogP contribution >= 0.6 is 0 Å². The van der Waals surface area contributed by atoms with Gasteiger partial charge in [-0.15, -0.1) is 0 Å². The summed E-state index contributed by atoms with van der Waals surface area (Å²) in [6.45, 7) is 8.42. The number of amides is 1. The molecule has 0 radical (unpaired) electrons. The number of hydrogen-bond acceptors (Lipinski definition) is 1. The van der Waals surface area contributed by atoms with Gasteiger partial charge in [0.05, 0.1) is 0 Å². The van der Waals surface area contributed by atoms with Crippen LogP contribution in [0.3, 0.4) is 0 Å². The highest BCUT2D eigenvalue weighted by Gasteiger charge is 2.20. The Morgan fingerprint density at radius 3 is 2.56 bits per heavy atom. The van der Waals surface area contributed by atoms with E-state index >= 15 is 0 Å². The van der Waals surface area contributed by atoms with E-state index in [4.69, 9.17) is 0 Å². The molecular weight excluding hydrogens is 222 g/mol. The Morgan fingerprint density at radius 1 is 1.28 bits per heavy atom. The molecule has 0 aliphatic heterocycles. The normalized spacial score (nSPS) is 12.2. The molecule has 1 amide bonds. The molecule has 0 saturated carbocycles. The molecule has 0 saturated heterocycles. The Morgan fingerprint density at radius 2 is 2.00 bits per heavy atom. The van der Waals surface area contributed by atoms with E-state index in [2.05, 4.69) is 39.8 Å². The van der Waals surface area contributed by atoms with E-state index in [9.17, 15) is 4.79 Å². The van der Waals surface area contributed by atoms with Crippen LogP contribution in [-0.4, -0.2) is 11.9 Å². The maximum absolute atomic E-state index is 12.3. The highest BCUT2D eigenvalue weighted by molar-refractivity contribution is 5.93. The van der Waals surface area contributed by atoms with E-state index in [1.807, 2.05) is 17.0 Å². The molecule has 0 aromatic heterocycles. The van der Waals surface area contributed by atoms with Crippen LogP contribution in [0.15, 0.2) is 24.3 Å². The van der Waals surface area contributed by atoms with Gasteiger partial charge in [0.2, 0.25) is 5.91 Å². The first-order chi connectivity index (χ1) is 8.60. The summed E-state index contributed by atoms with van der Waals surface area (Å²) in [6, 6.07) is 8.49. The third kappa shape index (κ3) is 3.86. The van der Waals surface area contributed by atoms with Crippen LogP contribution in [0.1, 0.15) is 52.0 Å². The van der Waals surface area contributed by atoms with Gasteiger partial charge in [-0.1, -0.05) is 32.4 Å². The smallest absolute Gasteiger partial charge is 0.227 e. The van der Waals surface area contributed by atoms with Crippen molar-refractivity contribution in [3.63, 3.8) is 0 Å². The maximum atomic E-state index is 12.3. The van der Waals surface area contributed by atoms with Gasteiger partial charge in [0.25, 0.3) is 0 Å². The van der Waals surface area contributed by atoms with Crippen LogP contribution < -0.4 is 4.90 Å². The summed E-state index contributed by atoms with van der Waals surface area (Å²) in [4.78, 5) is 14.3. The number of benzene rings is 1. The predicted octanol–water partition coefficient (Wildman–Crippen LogP) is 4.32. The largest absolute Gasteiger partial charge is 0.310 e. The van der Waals surface area contributed by atoms with Crippen LogP contribution in [-0.2, 0) is 4.79 Å². The second-order valence-electron chi connectivity index (χ2n) is 4.99. The highest BCUT2D eigenvalue weighted by Crippen LogP contribution is 2.22. The summed E-state index contributed by atoms with van der Waals surface area (Å²) in [7, 11) is 0. The Hall–Kier alpha value is -1.31. The summed E-state index contributed by atoms with van der Waals surface area (Å²) in [6.07, 6.45) is 3.67. The number of anilines is 1. The molecule has 2 nitrogen and oxygen atoms in total. The lowest BCUT2D eigenvalue weighted by atomic mass is 10.1. The number of hydrogen-bond donors (Lipinski definition) is 0. The topological polar surface area (TPSA) is 20.3 Å². The second kappa shape index (κ2) is 7.20. The van der Waals surface area contributed by atoms with Crippen LogP contribution in [0.5, 0.6) is 0 Å². The van der Waals surface area contributed by atoms with Crippen molar-refractivity contribution in [2.45, 2.75) is 59.4 Å². The monoisotopic (exact) mass is 247 g/mol. The van der Waals surface area contributed by atoms with Crippen molar-refractivity contribution in [2.75, 3.05) is 4.90 Å². The first-order valence-electron chi connectivity index (χ1n) is 6.98. The van der Waals surface area contributed by atoms with Crippen molar-refractivity contribution in [1.29, 1.82) is 0 Å². The van der Waals surface area contributed by atoms with Gasteiger partial charge in [0.1, 0.15) is 0 Å². The molecule has 0 heterocycles. The molecule has 1 unspecified atom stereocenters. The highest BCUT2D eigenvalue weighted by atomic mass is 16.2. The zero-order valence-corrected chi connectivity index (χ0v) is 12.1. The van der Waals surface area contributed by atoms with Crippen molar-refractivity contribution in [1.82, 2.24) is 0 Å². The summed E-state index contributed by atoms with van der Waals surface area (Å²) >= 11 is 0. The lowest BCUT2D eigenvalue weighted by Gasteiger charge is -2.29. The van der Waals surface area contributed by atoms with Crippen LogP contribution in [0, 0.1) is 6.92 Å². The molecule has 1 aromatic rings. The molecule has 1 aromatic carbocycles. The first-order valence-corrected chi connectivity index (χ1v) is 6.98. The fourth-order valence-electron chi connectivity index (χ4n) is 2.30. The van der Waals surface area contributed by atoms with Gasteiger partial charge in [-0.25, -0.2) is 0 Å². The number of carbonyl (C=O) groups is 1. The average Bonchev–Trinajstić information content (AvgIpc) is 2.30. The fraction of sp³-hybridized carbons (Fsp3) is 0.562. The zero-order chi connectivity index (χ0) is 13.5. The molecular formula is C16H25NO.